The summed E-state index contributed by atoms with van der Waals surface area (Å²) in [4.78, 5) is 29.6. The Bertz CT molecular complexity index is 1350. The van der Waals surface area contributed by atoms with Crippen LogP contribution >= 0.6 is 0 Å². The SMILES string of the molecule is O=C(Cn1ncc2ccccc2c1=O)N1CCN(C(c2ccc(F)cc2)c2ccc(F)cc2)CC1. The van der Waals surface area contributed by atoms with Gasteiger partial charge in [-0.15, -0.1) is 0 Å². The van der Waals surface area contributed by atoms with Crippen LogP contribution in [-0.4, -0.2) is 51.7 Å². The van der Waals surface area contributed by atoms with Gasteiger partial charge in [0.05, 0.1) is 17.6 Å². The Balaban J connectivity index is 1.31. The highest BCUT2D eigenvalue weighted by atomic mass is 19.1. The third-order valence-electron chi connectivity index (χ3n) is 6.45. The van der Waals surface area contributed by atoms with Crippen LogP contribution in [0.3, 0.4) is 0 Å². The van der Waals surface area contributed by atoms with Crippen molar-refractivity contribution in [2.75, 3.05) is 26.2 Å². The molecule has 178 valence electrons. The molecule has 1 aliphatic heterocycles. The standard InChI is InChI=1S/C27H24F2N4O2/c28-22-9-5-19(6-10-22)26(20-7-11-23(29)12-8-20)32-15-13-31(14-16-32)25(34)18-33-27(35)24-4-2-1-3-21(24)17-30-33/h1-12,17,26H,13-16,18H2. The fourth-order valence-electron chi connectivity index (χ4n) is 4.60. The number of carbonyl (C=O) groups is 1. The van der Waals surface area contributed by atoms with Crippen LogP contribution in [0.1, 0.15) is 17.2 Å². The van der Waals surface area contributed by atoms with E-state index in [-0.39, 0.29) is 35.7 Å². The molecule has 1 fully saturated rings. The second-order valence-corrected chi connectivity index (χ2v) is 8.62. The first-order valence-electron chi connectivity index (χ1n) is 11.5. The number of piperazine rings is 1. The zero-order chi connectivity index (χ0) is 24.4. The monoisotopic (exact) mass is 474 g/mol. The minimum absolute atomic E-state index is 0.122. The lowest BCUT2D eigenvalue weighted by atomic mass is 9.96. The van der Waals surface area contributed by atoms with Crippen LogP contribution in [0.4, 0.5) is 8.78 Å². The van der Waals surface area contributed by atoms with Gasteiger partial charge in [-0.1, -0.05) is 42.5 Å². The predicted molar refractivity (Wildman–Crippen MR) is 129 cm³/mol. The molecule has 0 atom stereocenters. The molecule has 3 aromatic carbocycles. The zero-order valence-corrected chi connectivity index (χ0v) is 19.0. The molecule has 2 heterocycles. The summed E-state index contributed by atoms with van der Waals surface area (Å²) >= 11 is 0. The highest BCUT2D eigenvalue weighted by molar-refractivity contribution is 5.81. The van der Waals surface area contributed by atoms with Crippen LogP contribution in [0.2, 0.25) is 0 Å². The fourth-order valence-corrected chi connectivity index (χ4v) is 4.60. The number of nitrogens with zero attached hydrogens (tertiary/aromatic N) is 4. The molecular formula is C27H24F2N4O2. The molecule has 0 aliphatic carbocycles. The lowest BCUT2D eigenvalue weighted by Crippen LogP contribution is -2.51. The predicted octanol–water partition coefficient (Wildman–Crippen LogP) is 3.61. The highest BCUT2D eigenvalue weighted by Crippen LogP contribution is 2.30. The Hall–Kier alpha value is -3.91. The molecule has 1 amide bonds. The van der Waals surface area contributed by atoms with Gasteiger partial charge < -0.3 is 4.90 Å². The van der Waals surface area contributed by atoms with Crippen molar-refractivity contribution < 1.29 is 13.6 Å². The highest BCUT2D eigenvalue weighted by Gasteiger charge is 2.28. The van der Waals surface area contributed by atoms with Crippen molar-refractivity contribution >= 4 is 16.7 Å². The van der Waals surface area contributed by atoms with Crippen molar-refractivity contribution in [3.8, 4) is 0 Å². The van der Waals surface area contributed by atoms with E-state index >= 15 is 0 Å². The second kappa shape index (κ2) is 9.76. The van der Waals surface area contributed by atoms with E-state index in [1.165, 1.54) is 28.9 Å². The number of halogens is 2. The van der Waals surface area contributed by atoms with Crippen molar-refractivity contribution in [3.05, 3.63) is 112 Å². The maximum absolute atomic E-state index is 13.5. The minimum Gasteiger partial charge on any atom is -0.339 e. The summed E-state index contributed by atoms with van der Waals surface area (Å²) in [6.07, 6.45) is 1.60. The van der Waals surface area contributed by atoms with Crippen molar-refractivity contribution in [1.82, 2.24) is 19.6 Å². The second-order valence-electron chi connectivity index (χ2n) is 8.62. The molecule has 0 unspecified atom stereocenters. The minimum atomic E-state index is -0.320. The van der Waals surface area contributed by atoms with Crippen LogP contribution in [0, 0.1) is 11.6 Å². The molecule has 8 heteroatoms. The number of rotatable bonds is 5. The summed E-state index contributed by atoms with van der Waals surface area (Å²) in [5.41, 5.74) is 1.50. The molecule has 6 nitrogen and oxygen atoms in total. The summed E-state index contributed by atoms with van der Waals surface area (Å²) in [5.74, 6) is -0.811. The number of fused-ring (bicyclic) bond motifs is 1. The number of aromatic nitrogens is 2. The molecule has 1 saturated heterocycles. The quantitative estimate of drug-likeness (QED) is 0.444. The van der Waals surface area contributed by atoms with Gasteiger partial charge in [0, 0.05) is 31.6 Å². The van der Waals surface area contributed by atoms with E-state index in [1.54, 1.807) is 47.5 Å². The van der Waals surface area contributed by atoms with Gasteiger partial charge >= 0.3 is 0 Å². The molecule has 1 aliphatic rings. The zero-order valence-electron chi connectivity index (χ0n) is 19.0. The van der Waals surface area contributed by atoms with E-state index in [4.69, 9.17) is 0 Å². The Labute approximate surface area is 201 Å². The summed E-state index contributed by atoms with van der Waals surface area (Å²) < 4.78 is 28.3. The first kappa shape index (κ1) is 22.9. The third-order valence-corrected chi connectivity index (χ3v) is 6.45. The van der Waals surface area contributed by atoms with Gasteiger partial charge in [0.25, 0.3) is 5.56 Å². The van der Waals surface area contributed by atoms with Crippen LogP contribution in [0.25, 0.3) is 10.8 Å². The maximum Gasteiger partial charge on any atom is 0.275 e. The molecule has 4 aromatic rings. The van der Waals surface area contributed by atoms with Crippen LogP contribution in [0.5, 0.6) is 0 Å². The third kappa shape index (κ3) is 4.83. The lowest BCUT2D eigenvalue weighted by molar-refractivity contribution is -0.134. The summed E-state index contributed by atoms with van der Waals surface area (Å²) in [7, 11) is 0. The van der Waals surface area contributed by atoms with Gasteiger partial charge in [-0.05, 0) is 41.5 Å². The average Bonchev–Trinajstić information content (AvgIpc) is 2.88. The normalized spacial score (nSPS) is 14.5. The van der Waals surface area contributed by atoms with Crippen molar-refractivity contribution in [3.63, 3.8) is 0 Å². The van der Waals surface area contributed by atoms with Gasteiger partial charge in [0.2, 0.25) is 5.91 Å². The number of hydrogen-bond donors (Lipinski definition) is 0. The van der Waals surface area contributed by atoms with Crippen molar-refractivity contribution in [1.29, 1.82) is 0 Å². The summed E-state index contributed by atoms with van der Waals surface area (Å²) in [6, 6.07) is 19.6. The fraction of sp³-hybridized carbons (Fsp3) is 0.222. The van der Waals surface area contributed by atoms with E-state index in [0.717, 1.165) is 16.5 Å². The molecular weight excluding hydrogens is 450 g/mol. The average molecular weight is 475 g/mol. The summed E-state index contributed by atoms with van der Waals surface area (Å²) in [6.45, 7) is 1.97. The van der Waals surface area contributed by atoms with E-state index < -0.39 is 0 Å². The van der Waals surface area contributed by atoms with Gasteiger partial charge in [-0.3, -0.25) is 14.5 Å². The Morgan fingerprint density at radius 2 is 1.40 bits per heavy atom. The van der Waals surface area contributed by atoms with E-state index in [9.17, 15) is 18.4 Å². The lowest BCUT2D eigenvalue weighted by Gasteiger charge is -2.39. The molecule has 1 aromatic heterocycles. The first-order valence-corrected chi connectivity index (χ1v) is 11.5. The molecule has 0 N–H and O–H groups in total. The van der Waals surface area contributed by atoms with Crippen LogP contribution in [0.15, 0.2) is 83.8 Å². The van der Waals surface area contributed by atoms with Gasteiger partial charge in [0.15, 0.2) is 0 Å². The molecule has 35 heavy (non-hydrogen) atoms. The van der Waals surface area contributed by atoms with Gasteiger partial charge in [0.1, 0.15) is 18.2 Å². The topological polar surface area (TPSA) is 58.4 Å². The smallest absolute Gasteiger partial charge is 0.275 e. The van der Waals surface area contributed by atoms with Crippen molar-refractivity contribution in [2.45, 2.75) is 12.6 Å². The number of amides is 1. The van der Waals surface area contributed by atoms with E-state index in [2.05, 4.69) is 10.00 Å². The molecule has 0 spiro atoms. The molecule has 5 rings (SSSR count). The van der Waals surface area contributed by atoms with Gasteiger partial charge in [-0.25, -0.2) is 13.5 Å². The molecule has 0 bridgehead atoms. The maximum atomic E-state index is 13.5. The largest absolute Gasteiger partial charge is 0.339 e. The number of carbonyl (C=O) groups excluding carboxylic acids is 1. The first-order chi connectivity index (χ1) is 17.0. The Morgan fingerprint density at radius 3 is 2.00 bits per heavy atom. The van der Waals surface area contributed by atoms with Crippen molar-refractivity contribution in [2.24, 2.45) is 0 Å². The molecule has 0 saturated carbocycles. The van der Waals surface area contributed by atoms with E-state index in [0.29, 0.717) is 31.6 Å². The summed E-state index contributed by atoms with van der Waals surface area (Å²) in [5, 5.41) is 5.43. The van der Waals surface area contributed by atoms with Crippen LogP contribution < -0.4 is 5.56 Å². The number of hydrogen-bond acceptors (Lipinski definition) is 4. The van der Waals surface area contributed by atoms with Gasteiger partial charge in [-0.2, -0.15) is 5.10 Å². The van der Waals surface area contributed by atoms with E-state index in [1.807, 2.05) is 12.1 Å². The van der Waals surface area contributed by atoms with Crippen LogP contribution in [-0.2, 0) is 11.3 Å². The number of benzene rings is 3. The Morgan fingerprint density at radius 1 is 0.829 bits per heavy atom. The molecule has 0 radical (unpaired) electrons. The Kier molecular flexibility index (Phi) is 6.37.